The number of nitrogens with two attached hydrogens (primary N) is 1. The number of carbonyl (C=O) groups excluding carboxylic acids is 1. The van der Waals surface area contributed by atoms with Gasteiger partial charge in [-0.25, -0.2) is 0 Å². The number of rotatable bonds is 5. The Bertz CT molecular complexity index is 177. The average molecular weight is 173 g/mol. The van der Waals surface area contributed by atoms with Crippen molar-refractivity contribution in [3.8, 4) is 0 Å². The summed E-state index contributed by atoms with van der Waals surface area (Å²) in [6.45, 7) is 3.72. The third-order valence-corrected chi connectivity index (χ3v) is 1.84. The number of carboxylic acids is 1. The fraction of sp³-hybridized carbons (Fsp3) is 0.750. The Morgan fingerprint density at radius 1 is 1.42 bits per heavy atom. The smallest absolute Gasteiger partial charge is 0.303 e. The highest BCUT2D eigenvalue weighted by molar-refractivity contribution is 5.77. The zero-order chi connectivity index (χ0) is 9.72. The minimum Gasteiger partial charge on any atom is -0.481 e. The second kappa shape index (κ2) is 4.74. The van der Waals surface area contributed by atoms with E-state index in [0.717, 1.165) is 0 Å². The lowest BCUT2D eigenvalue weighted by atomic mass is 9.91. The van der Waals surface area contributed by atoms with Gasteiger partial charge in [0.05, 0.1) is 0 Å². The highest BCUT2D eigenvalue weighted by Gasteiger charge is 2.19. The van der Waals surface area contributed by atoms with Crippen molar-refractivity contribution >= 4 is 11.9 Å². The van der Waals surface area contributed by atoms with Crippen LogP contribution in [-0.2, 0) is 9.59 Å². The van der Waals surface area contributed by atoms with E-state index >= 15 is 0 Å². The van der Waals surface area contributed by atoms with Crippen LogP contribution in [0.2, 0.25) is 0 Å². The summed E-state index contributed by atoms with van der Waals surface area (Å²) < 4.78 is 0. The van der Waals surface area contributed by atoms with Gasteiger partial charge >= 0.3 is 5.97 Å². The van der Waals surface area contributed by atoms with E-state index in [9.17, 15) is 9.59 Å². The molecule has 0 aliphatic rings. The van der Waals surface area contributed by atoms with Crippen molar-refractivity contribution in [3.05, 3.63) is 0 Å². The van der Waals surface area contributed by atoms with Crippen LogP contribution in [0, 0.1) is 11.8 Å². The monoisotopic (exact) mass is 173 g/mol. The van der Waals surface area contributed by atoms with Crippen LogP contribution in [-0.4, -0.2) is 17.0 Å². The van der Waals surface area contributed by atoms with Crippen LogP contribution in [0.4, 0.5) is 0 Å². The Morgan fingerprint density at radius 3 is 2.17 bits per heavy atom. The molecule has 0 aliphatic heterocycles. The molecule has 0 aromatic rings. The Hall–Kier alpha value is -1.06. The van der Waals surface area contributed by atoms with Crippen LogP contribution in [0.25, 0.3) is 0 Å². The van der Waals surface area contributed by atoms with Gasteiger partial charge in [-0.05, 0) is 12.3 Å². The fourth-order valence-corrected chi connectivity index (χ4v) is 1.08. The van der Waals surface area contributed by atoms with Gasteiger partial charge < -0.3 is 10.8 Å². The third kappa shape index (κ3) is 3.95. The van der Waals surface area contributed by atoms with E-state index in [1.165, 1.54) is 0 Å². The summed E-state index contributed by atoms with van der Waals surface area (Å²) in [5.41, 5.74) is 5.09. The summed E-state index contributed by atoms with van der Waals surface area (Å²) in [4.78, 5) is 21.0. The van der Waals surface area contributed by atoms with Crippen molar-refractivity contribution in [1.82, 2.24) is 0 Å². The summed E-state index contributed by atoms with van der Waals surface area (Å²) in [5, 5.41) is 8.37. The molecule has 4 heteroatoms. The molecule has 70 valence electrons. The maximum absolute atomic E-state index is 10.8. The van der Waals surface area contributed by atoms with E-state index in [2.05, 4.69) is 0 Å². The zero-order valence-corrected chi connectivity index (χ0v) is 7.41. The van der Waals surface area contributed by atoms with E-state index in [-0.39, 0.29) is 18.3 Å². The molecule has 0 aliphatic carbocycles. The van der Waals surface area contributed by atoms with E-state index in [4.69, 9.17) is 10.8 Å². The number of amides is 1. The maximum Gasteiger partial charge on any atom is 0.303 e. The van der Waals surface area contributed by atoms with E-state index in [0.29, 0.717) is 6.42 Å². The van der Waals surface area contributed by atoms with Gasteiger partial charge in [0.1, 0.15) is 0 Å². The number of carboxylic acid groups (broad SMARTS) is 1. The molecule has 4 nitrogen and oxygen atoms in total. The van der Waals surface area contributed by atoms with Crippen molar-refractivity contribution in [1.29, 1.82) is 0 Å². The lowest BCUT2D eigenvalue weighted by Crippen LogP contribution is -2.28. The lowest BCUT2D eigenvalue weighted by Gasteiger charge is -2.15. The van der Waals surface area contributed by atoms with Crippen molar-refractivity contribution in [2.75, 3.05) is 0 Å². The predicted octanol–water partition coefficient (Wildman–Crippen LogP) is 0.609. The quantitative estimate of drug-likeness (QED) is 0.639. The molecule has 0 fully saturated rings. The summed E-state index contributed by atoms with van der Waals surface area (Å²) in [6, 6.07) is 0. The molecule has 0 aromatic heterocycles. The van der Waals surface area contributed by atoms with Crippen molar-refractivity contribution < 1.29 is 14.7 Å². The molecule has 0 saturated heterocycles. The van der Waals surface area contributed by atoms with Crippen LogP contribution in [0.3, 0.4) is 0 Å². The van der Waals surface area contributed by atoms with Crippen LogP contribution in [0.1, 0.15) is 26.7 Å². The average Bonchev–Trinajstić information content (AvgIpc) is 1.84. The van der Waals surface area contributed by atoms with Gasteiger partial charge in [0.15, 0.2) is 0 Å². The largest absolute Gasteiger partial charge is 0.481 e. The summed E-state index contributed by atoms with van der Waals surface area (Å²) in [6.07, 6.45) is 0.341. The van der Waals surface area contributed by atoms with Crippen LogP contribution in [0.15, 0.2) is 0 Å². The Balaban J connectivity index is 3.97. The number of primary amides is 1. The topological polar surface area (TPSA) is 80.4 Å². The molecule has 0 heterocycles. The van der Waals surface area contributed by atoms with Crippen molar-refractivity contribution in [3.63, 3.8) is 0 Å². The molecule has 1 atom stereocenters. The first-order valence-electron chi connectivity index (χ1n) is 3.96. The predicted molar refractivity (Wildman–Crippen MR) is 44.4 cm³/mol. The van der Waals surface area contributed by atoms with Crippen LogP contribution in [0.5, 0.6) is 0 Å². The molecule has 0 spiro atoms. The molecular formula is C8H15NO3. The molecule has 0 radical (unpaired) electrons. The second-order valence-electron chi connectivity index (χ2n) is 3.19. The fourth-order valence-electron chi connectivity index (χ4n) is 1.08. The Labute approximate surface area is 71.8 Å². The molecular weight excluding hydrogens is 158 g/mol. The molecule has 3 N–H and O–H groups in total. The molecule has 0 saturated carbocycles. The number of aliphatic carboxylic acids is 1. The Kier molecular flexibility index (Phi) is 4.33. The van der Waals surface area contributed by atoms with E-state index in [1.807, 2.05) is 13.8 Å². The lowest BCUT2D eigenvalue weighted by molar-refractivity contribution is -0.137. The van der Waals surface area contributed by atoms with Gasteiger partial charge in [0.2, 0.25) is 5.91 Å². The van der Waals surface area contributed by atoms with Crippen molar-refractivity contribution in [2.24, 2.45) is 17.6 Å². The number of hydrogen-bond donors (Lipinski definition) is 2. The Morgan fingerprint density at radius 2 is 1.92 bits per heavy atom. The molecule has 0 bridgehead atoms. The van der Waals surface area contributed by atoms with Gasteiger partial charge in [0.25, 0.3) is 0 Å². The highest BCUT2D eigenvalue weighted by Crippen LogP contribution is 2.16. The van der Waals surface area contributed by atoms with Gasteiger partial charge in [-0.15, -0.1) is 0 Å². The SMILES string of the molecule is CC(C)C(CCC(=O)O)C(N)=O. The minimum atomic E-state index is -0.887. The molecule has 0 aromatic carbocycles. The summed E-state index contributed by atoms with van der Waals surface area (Å²) in [7, 11) is 0. The van der Waals surface area contributed by atoms with E-state index in [1.54, 1.807) is 0 Å². The van der Waals surface area contributed by atoms with Gasteiger partial charge in [-0.3, -0.25) is 9.59 Å². The molecule has 12 heavy (non-hydrogen) atoms. The first-order chi connectivity index (χ1) is 5.45. The third-order valence-electron chi connectivity index (χ3n) is 1.84. The van der Waals surface area contributed by atoms with E-state index < -0.39 is 11.9 Å². The van der Waals surface area contributed by atoms with Gasteiger partial charge in [0, 0.05) is 12.3 Å². The maximum atomic E-state index is 10.8. The molecule has 1 unspecified atom stereocenters. The first-order valence-corrected chi connectivity index (χ1v) is 3.96. The summed E-state index contributed by atoms with van der Waals surface area (Å²) in [5.74, 6) is -1.50. The number of hydrogen-bond acceptors (Lipinski definition) is 2. The normalized spacial score (nSPS) is 12.9. The molecule has 0 rings (SSSR count). The zero-order valence-electron chi connectivity index (χ0n) is 7.41. The first kappa shape index (κ1) is 10.9. The number of carbonyl (C=O) groups is 2. The van der Waals surface area contributed by atoms with Crippen LogP contribution >= 0.6 is 0 Å². The standard InChI is InChI=1S/C8H15NO3/c1-5(2)6(8(9)12)3-4-7(10)11/h5-6H,3-4H2,1-2H3,(H2,9,12)(H,10,11). The second-order valence-corrected chi connectivity index (χ2v) is 3.19. The van der Waals surface area contributed by atoms with Gasteiger partial charge in [-0.1, -0.05) is 13.8 Å². The minimum absolute atomic E-state index is 0.00574. The molecule has 1 amide bonds. The van der Waals surface area contributed by atoms with Crippen LogP contribution < -0.4 is 5.73 Å². The van der Waals surface area contributed by atoms with Gasteiger partial charge in [-0.2, -0.15) is 0 Å². The van der Waals surface area contributed by atoms with Crippen molar-refractivity contribution in [2.45, 2.75) is 26.7 Å². The highest BCUT2D eigenvalue weighted by atomic mass is 16.4. The summed E-state index contributed by atoms with van der Waals surface area (Å²) >= 11 is 0.